The summed E-state index contributed by atoms with van der Waals surface area (Å²) in [6.07, 6.45) is 0. The summed E-state index contributed by atoms with van der Waals surface area (Å²) in [7, 11) is 3.35. The second-order valence-electron chi connectivity index (χ2n) is 6.82. The number of nitrogens with zero attached hydrogens (tertiary/aromatic N) is 1. The van der Waals surface area contributed by atoms with Gasteiger partial charge in [0.2, 0.25) is 5.91 Å². The molecule has 2 bridgehead atoms. The molecule has 4 nitrogen and oxygen atoms in total. The van der Waals surface area contributed by atoms with Gasteiger partial charge in [-0.3, -0.25) is 4.79 Å². The zero-order valence-corrected chi connectivity index (χ0v) is 13.6. The predicted molar refractivity (Wildman–Crippen MR) is 87.3 cm³/mol. The third-order valence-corrected chi connectivity index (χ3v) is 5.44. The minimum atomic E-state index is -1.14. The van der Waals surface area contributed by atoms with Crippen LogP contribution in [-0.2, 0) is 9.59 Å². The van der Waals surface area contributed by atoms with Gasteiger partial charge in [0.15, 0.2) is 0 Å². The van der Waals surface area contributed by atoms with E-state index in [2.05, 4.69) is 0 Å². The molecule has 0 unspecified atom stereocenters. The van der Waals surface area contributed by atoms with Crippen molar-refractivity contribution in [3.63, 3.8) is 0 Å². The van der Waals surface area contributed by atoms with E-state index < -0.39 is 17.8 Å². The predicted octanol–water partition coefficient (Wildman–Crippen LogP) is 1.35. The maximum atomic E-state index is 12.9. The van der Waals surface area contributed by atoms with E-state index in [1.165, 1.54) is 4.90 Å². The Kier molecular flexibility index (Phi) is 3.23. The highest BCUT2D eigenvalue weighted by Crippen LogP contribution is 2.58. The van der Waals surface area contributed by atoms with Gasteiger partial charge in [0.1, 0.15) is 0 Å². The molecule has 0 aromatic heterocycles. The topological polar surface area (TPSA) is 60.4 Å². The molecule has 0 saturated carbocycles. The number of hydrogen-bond donors (Lipinski definition) is 0. The van der Waals surface area contributed by atoms with Crippen molar-refractivity contribution in [1.82, 2.24) is 4.90 Å². The molecular formula is C20H18NO3-. The average Bonchev–Trinajstić information content (AvgIpc) is 2.60. The normalized spacial score (nSPS) is 26.4. The van der Waals surface area contributed by atoms with Crippen molar-refractivity contribution in [3.05, 3.63) is 70.8 Å². The number of amides is 1. The number of carbonyl (C=O) groups is 2. The van der Waals surface area contributed by atoms with E-state index >= 15 is 0 Å². The summed E-state index contributed by atoms with van der Waals surface area (Å²) >= 11 is 0. The minimum Gasteiger partial charge on any atom is -0.550 e. The van der Waals surface area contributed by atoms with Crippen LogP contribution in [0.1, 0.15) is 34.1 Å². The highest BCUT2D eigenvalue weighted by atomic mass is 16.4. The summed E-state index contributed by atoms with van der Waals surface area (Å²) in [5.41, 5.74) is 4.16. The van der Waals surface area contributed by atoms with E-state index in [0.29, 0.717) is 0 Å². The number of rotatable bonds is 2. The quantitative estimate of drug-likeness (QED) is 0.839. The van der Waals surface area contributed by atoms with Crippen LogP contribution < -0.4 is 5.11 Å². The van der Waals surface area contributed by atoms with Crippen LogP contribution in [0.2, 0.25) is 0 Å². The molecule has 5 rings (SSSR count). The van der Waals surface area contributed by atoms with E-state index in [1.54, 1.807) is 14.1 Å². The lowest BCUT2D eigenvalue weighted by Crippen LogP contribution is -2.53. The van der Waals surface area contributed by atoms with Crippen molar-refractivity contribution in [2.24, 2.45) is 11.8 Å². The summed E-state index contributed by atoms with van der Waals surface area (Å²) in [5, 5.41) is 12.0. The number of hydrogen-bond acceptors (Lipinski definition) is 3. The van der Waals surface area contributed by atoms with Crippen LogP contribution >= 0.6 is 0 Å². The Morgan fingerprint density at radius 2 is 1.17 bits per heavy atom. The molecule has 0 radical (unpaired) electrons. The molecule has 122 valence electrons. The SMILES string of the molecule is CN(C)C(=O)[C@@H]1C2c3ccccc3C(c3ccccc32)[C@@H]1C(=O)[O-]. The molecule has 3 aliphatic rings. The fourth-order valence-electron chi connectivity index (χ4n) is 4.56. The van der Waals surface area contributed by atoms with Crippen molar-refractivity contribution in [2.75, 3.05) is 14.1 Å². The summed E-state index contributed by atoms with van der Waals surface area (Å²) in [5.74, 6) is -3.33. The molecule has 0 heterocycles. The van der Waals surface area contributed by atoms with Gasteiger partial charge >= 0.3 is 0 Å². The van der Waals surface area contributed by atoms with E-state index in [1.807, 2.05) is 48.5 Å². The van der Waals surface area contributed by atoms with E-state index in [0.717, 1.165) is 22.3 Å². The fourth-order valence-corrected chi connectivity index (χ4v) is 4.56. The highest BCUT2D eigenvalue weighted by molar-refractivity contribution is 5.89. The van der Waals surface area contributed by atoms with E-state index in [4.69, 9.17) is 0 Å². The third-order valence-electron chi connectivity index (χ3n) is 5.44. The molecule has 0 saturated heterocycles. The molecule has 0 fully saturated rings. The Morgan fingerprint density at radius 1 is 0.792 bits per heavy atom. The zero-order valence-electron chi connectivity index (χ0n) is 13.6. The number of aliphatic carboxylic acids is 1. The minimum absolute atomic E-state index is 0.150. The Balaban J connectivity index is 2.02. The van der Waals surface area contributed by atoms with Gasteiger partial charge in [-0.05, 0) is 22.3 Å². The Hall–Kier alpha value is -2.62. The van der Waals surface area contributed by atoms with Crippen LogP contribution in [0.5, 0.6) is 0 Å². The van der Waals surface area contributed by atoms with Gasteiger partial charge < -0.3 is 14.8 Å². The molecular weight excluding hydrogens is 302 g/mol. The molecule has 0 spiro atoms. The first-order chi connectivity index (χ1) is 11.5. The lowest BCUT2D eigenvalue weighted by atomic mass is 9.54. The van der Waals surface area contributed by atoms with Crippen molar-refractivity contribution >= 4 is 11.9 Å². The number of fused-ring (bicyclic) bond motifs is 1. The van der Waals surface area contributed by atoms with Crippen LogP contribution in [-0.4, -0.2) is 30.9 Å². The fraction of sp³-hybridized carbons (Fsp3) is 0.300. The van der Waals surface area contributed by atoms with Crippen molar-refractivity contribution in [1.29, 1.82) is 0 Å². The van der Waals surface area contributed by atoms with Crippen molar-refractivity contribution < 1.29 is 14.7 Å². The van der Waals surface area contributed by atoms with Gasteiger partial charge in [0.05, 0.1) is 5.92 Å². The largest absolute Gasteiger partial charge is 0.550 e. The number of benzene rings is 2. The highest BCUT2D eigenvalue weighted by Gasteiger charge is 2.53. The van der Waals surface area contributed by atoms with E-state index in [-0.39, 0.29) is 17.7 Å². The second-order valence-corrected chi connectivity index (χ2v) is 6.82. The van der Waals surface area contributed by atoms with Crippen LogP contribution in [0.4, 0.5) is 0 Å². The first-order valence-corrected chi connectivity index (χ1v) is 8.12. The zero-order chi connectivity index (χ0) is 17.0. The summed E-state index contributed by atoms with van der Waals surface area (Å²) in [4.78, 5) is 26.4. The third kappa shape index (κ3) is 1.86. The van der Waals surface area contributed by atoms with Crippen LogP contribution in [0, 0.1) is 11.8 Å². The Morgan fingerprint density at radius 3 is 1.50 bits per heavy atom. The van der Waals surface area contributed by atoms with Gasteiger partial charge in [0, 0.05) is 37.8 Å². The van der Waals surface area contributed by atoms with Crippen LogP contribution in [0.15, 0.2) is 48.5 Å². The lowest BCUT2D eigenvalue weighted by Gasteiger charge is -2.50. The van der Waals surface area contributed by atoms with Crippen LogP contribution in [0.3, 0.4) is 0 Å². The molecule has 2 aromatic carbocycles. The molecule has 1 amide bonds. The summed E-state index contributed by atoms with van der Waals surface area (Å²) in [6, 6.07) is 15.8. The van der Waals surface area contributed by atoms with E-state index in [9.17, 15) is 14.7 Å². The smallest absolute Gasteiger partial charge is 0.226 e. The summed E-state index contributed by atoms with van der Waals surface area (Å²) in [6.45, 7) is 0. The second kappa shape index (κ2) is 5.20. The maximum Gasteiger partial charge on any atom is 0.226 e. The Bertz CT molecular complexity index is 795. The first kappa shape index (κ1) is 14.9. The monoisotopic (exact) mass is 320 g/mol. The molecule has 24 heavy (non-hydrogen) atoms. The molecule has 3 aliphatic carbocycles. The molecule has 0 aliphatic heterocycles. The lowest BCUT2D eigenvalue weighted by molar-refractivity contribution is -0.314. The molecule has 2 aromatic rings. The van der Waals surface area contributed by atoms with Gasteiger partial charge in [-0.25, -0.2) is 0 Å². The standard InChI is InChI=1S/C20H19NO3/c1-21(2)19(22)17-15-11-7-3-5-9-13(11)16(18(17)20(23)24)14-10-6-4-8-12(14)15/h3-10,15-18H,1-2H3,(H,23,24)/p-1/t15?,16?,17-,18+/m1/s1. The van der Waals surface area contributed by atoms with Gasteiger partial charge in [-0.15, -0.1) is 0 Å². The van der Waals surface area contributed by atoms with Gasteiger partial charge in [0.25, 0.3) is 0 Å². The molecule has 0 N–H and O–H groups in total. The Labute approximate surface area is 140 Å². The van der Waals surface area contributed by atoms with Crippen LogP contribution in [0.25, 0.3) is 0 Å². The molecule has 4 heteroatoms. The molecule has 2 atom stereocenters. The summed E-state index contributed by atoms with van der Waals surface area (Å²) < 4.78 is 0. The van der Waals surface area contributed by atoms with Crippen molar-refractivity contribution in [2.45, 2.75) is 11.8 Å². The average molecular weight is 320 g/mol. The first-order valence-electron chi connectivity index (χ1n) is 8.12. The van der Waals surface area contributed by atoms with Gasteiger partial charge in [-0.2, -0.15) is 0 Å². The van der Waals surface area contributed by atoms with Crippen molar-refractivity contribution in [3.8, 4) is 0 Å². The number of carboxylic acid groups (broad SMARTS) is 1. The number of carboxylic acids is 1. The maximum absolute atomic E-state index is 12.9. The number of carbonyl (C=O) groups excluding carboxylic acids is 2. The van der Waals surface area contributed by atoms with Gasteiger partial charge in [-0.1, -0.05) is 48.5 Å².